The first-order valence-corrected chi connectivity index (χ1v) is 8.41. The minimum Gasteiger partial charge on any atom is -0.497 e. The van der Waals surface area contributed by atoms with Crippen LogP contribution in [0.25, 0.3) is 0 Å². The second-order valence-electron chi connectivity index (χ2n) is 6.06. The summed E-state index contributed by atoms with van der Waals surface area (Å²) in [6, 6.07) is 14.0. The number of nitrogen functional groups attached to an aromatic ring is 1. The number of ether oxygens (including phenoxy) is 2. The SMILES string of the molecule is COc1ccc(Nc2nc(N)n(C(=O)c3ccc(OC(C)C)cc3)n2)cc1. The second kappa shape index (κ2) is 7.77. The van der Waals surface area contributed by atoms with Gasteiger partial charge in [0.2, 0.25) is 11.9 Å². The third kappa shape index (κ3) is 4.35. The van der Waals surface area contributed by atoms with Crippen LogP contribution in [0.3, 0.4) is 0 Å². The lowest BCUT2D eigenvalue weighted by Gasteiger charge is -2.09. The summed E-state index contributed by atoms with van der Waals surface area (Å²) < 4.78 is 11.8. The van der Waals surface area contributed by atoms with Crippen LogP contribution < -0.4 is 20.5 Å². The maximum Gasteiger partial charge on any atom is 0.281 e. The van der Waals surface area contributed by atoms with E-state index in [0.717, 1.165) is 16.1 Å². The standard InChI is InChI=1S/C19H21N5O3/c1-12(2)27-16-8-4-13(5-9-16)17(25)24-18(20)22-19(23-24)21-14-6-10-15(26-3)11-7-14/h4-12H,1-3H3,(H3,20,21,22,23). The summed E-state index contributed by atoms with van der Waals surface area (Å²) in [4.78, 5) is 16.7. The van der Waals surface area contributed by atoms with Gasteiger partial charge in [-0.1, -0.05) is 0 Å². The number of nitrogens with one attached hydrogen (secondary N) is 1. The number of nitrogens with two attached hydrogens (primary N) is 1. The molecule has 0 saturated carbocycles. The molecule has 0 amide bonds. The Kier molecular flexibility index (Phi) is 5.25. The lowest BCUT2D eigenvalue weighted by Crippen LogP contribution is -2.16. The monoisotopic (exact) mass is 367 g/mol. The average Bonchev–Trinajstić information content (AvgIpc) is 3.02. The lowest BCUT2D eigenvalue weighted by molar-refractivity contribution is 0.0948. The van der Waals surface area contributed by atoms with E-state index in [0.29, 0.717) is 11.3 Å². The third-order valence-corrected chi connectivity index (χ3v) is 3.64. The normalized spacial score (nSPS) is 10.7. The maximum atomic E-state index is 12.6. The molecule has 2 aromatic carbocycles. The molecule has 3 aromatic rings. The largest absolute Gasteiger partial charge is 0.497 e. The highest BCUT2D eigenvalue weighted by Gasteiger charge is 2.16. The first kappa shape index (κ1) is 18.2. The molecule has 0 aliphatic heterocycles. The van der Waals surface area contributed by atoms with Crippen molar-refractivity contribution in [2.45, 2.75) is 20.0 Å². The molecule has 3 rings (SSSR count). The second-order valence-corrected chi connectivity index (χ2v) is 6.06. The predicted octanol–water partition coefficient (Wildman–Crippen LogP) is 3.09. The van der Waals surface area contributed by atoms with Crippen LogP contribution in [0.1, 0.15) is 24.2 Å². The Balaban J connectivity index is 1.75. The molecule has 0 unspecified atom stereocenters. The van der Waals surface area contributed by atoms with Crippen LogP contribution >= 0.6 is 0 Å². The summed E-state index contributed by atoms with van der Waals surface area (Å²) in [5.74, 6) is 1.27. The molecule has 0 spiro atoms. The van der Waals surface area contributed by atoms with Crippen LogP contribution in [0.15, 0.2) is 48.5 Å². The molecule has 0 aliphatic rings. The fourth-order valence-corrected chi connectivity index (χ4v) is 2.40. The number of anilines is 3. The Labute approximate surface area is 156 Å². The molecule has 27 heavy (non-hydrogen) atoms. The van der Waals surface area contributed by atoms with Gasteiger partial charge in [-0.25, -0.2) is 0 Å². The molecule has 0 aliphatic carbocycles. The highest BCUT2D eigenvalue weighted by atomic mass is 16.5. The molecule has 0 radical (unpaired) electrons. The minimum absolute atomic E-state index is 0.00137. The number of hydrogen-bond donors (Lipinski definition) is 2. The van der Waals surface area contributed by atoms with Gasteiger partial charge < -0.3 is 20.5 Å². The van der Waals surface area contributed by atoms with Gasteiger partial charge in [-0.3, -0.25) is 4.79 Å². The minimum atomic E-state index is -0.376. The van der Waals surface area contributed by atoms with Crippen LogP contribution in [-0.2, 0) is 0 Å². The van der Waals surface area contributed by atoms with Crippen LogP contribution in [0, 0.1) is 0 Å². The van der Waals surface area contributed by atoms with Crippen molar-refractivity contribution in [3.63, 3.8) is 0 Å². The number of nitrogens with zero attached hydrogens (tertiary/aromatic N) is 3. The van der Waals surface area contributed by atoms with Crippen molar-refractivity contribution in [1.29, 1.82) is 0 Å². The van der Waals surface area contributed by atoms with E-state index in [1.165, 1.54) is 0 Å². The van der Waals surface area contributed by atoms with Gasteiger partial charge in [-0.2, -0.15) is 9.67 Å². The van der Waals surface area contributed by atoms with Crippen LogP contribution in [0.2, 0.25) is 0 Å². The molecule has 8 heteroatoms. The zero-order valence-electron chi connectivity index (χ0n) is 15.3. The summed E-state index contributed by atoms with van der Waals surface area (Å²) in [5, 5.41) is 7.15. The fourth-order valence-electron chi connectivity index (χ4n) is 2.40. The summed E-state index contributed by atoms with van der Waals surface area (Å²) >= 11 is 0. The Morgan fingerprint density at radius 3 is 2.30 bits per heavy atom. The molecule has 0 atom stereocenters. The fraction of sp³-hybridized carbons (Fsp3) is 0.211. The summed E-state index contributed by atoms with van der Waals surface area (Å²) in [7, 11) is 1.60. The Bertz CT molecular complexity index is 918. The molecule has 3 N–H and O–H groups in total. The van der Waals surface area contributed by atoms with Crippen LogP contribution in [0.4, 0.5) is 17.6 Å². The molecule has 0 fully saturated rings. The zero-order chi connectivity index (χ0) is 19.4. The summed E-state index contributed by atoms with van der Waals surface area (Å²) in [5.41, 5.74) is 7.03. The lowest BCUT2D eigenvalue weighted by atomic mass is 10.2. The van der Waals surface area contributed by atoms with Gasteiger partial charge in [0, 0.05) is 11.3 Å². The predicted molar refractivity (Wildman–Crippen MR) is 103 cm³/mol. The molecule has 1 heterocycles. The van der Waals surface area contributed by atoms with Crippen molar-refractivity contribution in [1.82, 2.24) is 14.8 Å². The van der Waals surface area contributed by atoms with E-state index in [4.69, 9.17) is 15.2 Å². The van der Waals surface area contributed by atoms with E-state index in [-0.39, 0.29) is 23.9 Å². The molecule has 140 valence electrons. The maximum absolute atomic E-state index is 12.6. The smallest absolute Gasteiger partial charge is 0.281 e. The van der Waals surface area contributed by atoms with Crippen molar-refractivity contribution >= 4 is 23.5 Å². The molecular formula is C19H21N5O3. The number of rotatable bonds is 6. The first-order valence-electron chi connectivity index (χ1n) is 8.41. The van der Waals surface area contributed by atoms with E-state index in [1.807, 2.05) is 26.0 Å². The van der Waals surface area contributed by atoms with E-state index in [2.05, 4.69) is 15.4 Å². The molecule has 1 aromatic heterocycles. The van der Waals surface area contributed by atoms with Gasteiger partial charge in [0.15, 0.2) is 0 Å². The van der Waals surface area contributed by atoms with Gasteiger partial charge in [-0.05, 0) is 62.4 Å². The molecule has 8 nitrogen and oxygen atoms in total. The Hall–Kier alpha value is -3.55. The topological polar surface area (TPSA) is 104 Å². The molecule has 0 bridgehead atoms. The van der Waals surface area contributed by atoms with Gasteiger partial charge in [-0.15, -0.1) is 5.10 Å². The van der Waals surface area contributed by atoms with E-state index in [9.17, 15) is 4.79 Å². The van der Waals surface area contributed by atoms with Gasteiger partial charge >= 0.3 is 0 Å². The van der Waals surface area contributed by atoms with Gasteiger partial charge in [0.05, 0.1) is 13.2 Å². The molecular weight excluding hydrogens is 346 g/mol. The quantitative estimate of drug-likeness (QED) is 0.690. The van der Waals surface area contributed by atoms with E-state index in [1.54, 1.807) is 43.5 Å². The Morgan fingerprint density at radius 1 is 1.07 bits per heavy atom. The van der Waals surface area contributed by atoms with Crippen molar-refractivity contribution in [3.05, 3.63) is 54.1 Å². The van der Waals surface area contributed by atoms with Gasteiger partial charge in [0.1, 0.15) is 11.5 Å². The number of benzene rings is 2. The van der Waals surface area contributed by atoms with Crippen LogP contribution in [0.5, 0.6) is 11.5 Å². The van der Waals surface area contributed by atoms with Crippen LogP contribution in [-0.4, -0.2) is 33.9 Å². The van der Waals surface area contributed by atoms with E-state index < -0.39 is 0 Å². The number of methoxy groups -OCH3 is 1. The summed E-state index contributed by atoms with van der Waals surface area (Å²) in [6.07, 6.45) is 0.0594. The van der Waals surface area contributed by atoms with Crippen molar-refractivity contribution < 1.29 is 14.3 Å². The van der Waals surface area contributed by atoms with Crippen molar-refractivity contribution in [3.8, 4) is 11.5 Å². The van der Waals surface area contributed by atoms with Crippen molar-refractivity contribution in [2.75, 3.05) is 18.2 Å². The van der Waals surface area contributed by atoms with E-state index >= 15 is 0 Å². The van der Waals surface area contributed by atoms with Gasteiger partial charge in [0.25, 0.3) is 5.91 Å². The first-order chi connectivity index (χ1) is 13.0. The summed E-state index contributed by atoms with van der Waals surface area (Å²) in [6.45, 7) is 3.87. The Morgan fingerprint density at radius 2 is 1.70 bits per heavy atom. The molecule has 0 saturated heterocycles. The number of carbonyl (C=O) groups excluding carboxylic acids is 1. The van der Waals surface area contributed by atoms with Crippen molar-refractivity contribution in [2.24, 2.45) is 0 Å². The highest BCUT2D eigenvalue weighted by molar-refractivity contribution is 5.97. The number of aromatic nitrogens is 3. The zero-order valence-corrected chi connectivity index (χ0v) is 15.3. The number of hydrogen-bond acceptors (Lipinski definition) is 7. The number of carbonyl (C=O) groups is 1. The third-order valence-electron chi connectivity index (χ3n) is 3.64. The average molecular weight is 367 g/mol. The highest BCUT2D eigenvalue weighted by Crippen LogP contribution is 2.20.